The molecule has 13 nitrogen and oxygen atoms in total. The molecule has 15 heteroatoms. The highest BCUT2D eigenvalue weighted by molar-refractivity contribution is 6.01. The van der Waals surface area contributed by atoms with E-state index in [0.717, 1.165) is 103 Å². The number of hydrogen-bond acceptors (Lipinski definition) is 10. The van der Waals surface area contributed by atoms with Gasteiger partial charge in [-0.15, -0.1) is 0 Å². The Morgan fingerprint density at radius 2 is 1.60 bits per heavy atom. The quantitative estimate of drug-likeness (QED) is 0.235. The Labute approximate surface area is 337 Å². The summed E-state index contributed by atoms with van der Waals surface area (Å²) >= 11 is 0. The van der Waals surface area contributed by atoms with Gasteiger partial charge in [-0.3, -0.25) is 29.4 Å². The molecule has 3 aromatic rings. The van der Waals surface area contributed by atoms with Crippen molar-refractivity contribution < 1.29 is 28.0 Å². The summed E-state index contributed by atoms with van der Waals surface area (Å²) in [6, 6.07) is 11.8. The Morgan fingerprint density at radius 1 is 0.810 bits per heavy atom. The molecule has 1 atom stereocenters. The van der Waals surface area contributed by atoms with Gasteiger partial charge in [0.25, 0.3) is 0 Å². The van der Waals surface area contributed by atoms with Crippen molar-refractivity contribution >= 4 is 46.6 Å². The number of piperidine rings is 3. The monoisotopic (exact) mass is 797 g/mol. The molecule has 5 heterocycles. The average Bonchev–Trinajstić information content (AvgIpc) is 3.23. The van der Waals surface area contributed by atoms with E-state index in [1.807, 2.05) is 23.1 Å². The van der Waals surface area contributed by atoms with E-state index in [1.54, 1.807) is 23.1 Å². The molecule has 0 spiro atoms. The number of rotatable bonds is 10. The van der Waals surface area contributed by atoms with Gasteiger partial charge in [0.1, 0.15) is 17.6 Å². The number of piperazine rings is 1. The lowest BCUT2D eigenvalue weighted by atomic mass is 9.85. The Hall–Kier alpha value is -5.18. The Morgan fingerprint density at radius 3 is 2.34 bits per heavy atom. The molecule has 1 saturated carbocycles. The minimum atomic E-state index is -0.557. The molecule has 308 valence electrons. The second-order valence-corrected chi connectivity index (χ2v) is 16.5. The molecule has 1 unspecified atom stereocenters. The van der Waals surface area contributed by atoms with Crippen LogP contribution in [0.1, 0.15) is 70.6 Å². The predicted octanol–water partition coefficient (Wildman–Crippen LogP) is 5.19. The molecule has 3 N–H and O–H groups in total. The normalized spacial score (nSPS) is 23.8. The minimum Gasteiger partial charge on any atom is -0.374 e. The summed E-state index contributed by atoms with van der Waals surface area (Å²) in [5, 5.41) is 8.76. The lowest BCUT2D eigenvalue weighted by Crippen LogP contribution is -2.52. The lowest BCUT2D eigenvalue weighted by Gasteiger charge is -2.40. The zero-order valence-electron chi connectivity index (χ0n) is 32.9. The number of amides is 4. The molecule has 2 aromatic carbocycles. The molecule has 5 aliphatic rings. The van der Waals surface area contributed by atoms with Crippen LogP contribution in [0.3, 0.4) is 0 Å². The van der Waals surface area contributed by atoms with E-state index in [9.17, 15) is 23.6 Å². The zero-order valence-corrected chi connectivity index (χ0v) is 32.9. The summed E-state index contributed by atoms with van der Waals surface area (Å²) < 4.78 is 30.2. The maximum atomic E-state index is 15.2. The SMILES string of the molecule is O=C1CCC(Nc2ccc(N3CCC(CN4CCN(C(=O)[C@H]5CC[C@H](Nc6ncc(F)c(-c7cccc(N8CCCCC8=O)c7)n6)CC5)CC4)CC3)c(F)c2)C(=O)N1. The number of benzene rings is 2. The van der Waals surface area contributed by atoms with Gasteiger partial charge in [0.2, 0.25) is 29.6 Å². The lowest BCUT2D eigenvalue weighted by molar-refractivity contribution is -0.138. The molecule has 4 saturated heterocycles. The maximum absolute atomic E-state index is 15.2. The number of carbonyl (C=O) groups is 4. The van der Waals surface area contributed by atoms with Crippen LogP contribution in [-0.2, 0) is 19.2 Å². The Kier molecular flexibility index (Phi) is 12.1. The van der Waals surface area contributed by atoms with Gasteiger partial charge >= 0.3 is 0 Å². The van der Waals surface area contributed by atoms with Gasteiger partial charge in [-0.2, -0.15) is 0 Å². The molecule has 1 aromatic heterocycles. The maximum Gasteiger partial charge on any atom is 0.249 e. The van der Waals surface area contributed by atoms with E-state index in [-0.39, 0.29) is 53.5 Å². The van der Waals surface area contributed by atoms with Crippen molar-refractivity contribution in [3.8, 4) is 11.3 Å². The second kappa shape index (κ2) is 17.8. The van der Waals surface area contributed by atoms with Crippen molar-refractivity contribution in [3.63, 3.8) is 0 Å². The molecule has 0 bridgehead atoms. The first-order valence-electron chi connectivity index (χ1n) is 21.0. The van der Waals surface area contributed by atoms with Crippen LogP contribution < -0.4 is 25.8 Å². The topological polar surface area (TPSA) is 143 Å². The second-order valence-electron chi connectivity index (χ2n) is 16.5. The van der Waals surface area contributed by atoms with Crippen molar-refractivity contribution in [1.29, 1.82) is 0 Å². The largest absolute Gasteiger partial charge is 0.374 e. The van der Waals surface area contributed by atoms with Crippen molar-refractivity contribution in [3.05, 3.63) is 60.3 Å². The molecule has 1 aliphatic carbocycles. The summed E-state index contributed by atoms with van der Waals surface area (Å²) in [5.74, 6) is -0.348. The summed E-state index contributed by atoms with van der Waals surface area (Å²) in [5.41, 5.74) is 2.62. The van der Waals surface area contributed by atoms with Gasteiger partial charge in [-0.1, -0.05) is 12.1 Å². The fourth-order valence-electron chi connectivity index (χ4n) is 9.22. The van der Waals surface area contributed by atoms with Crippen LogP contribution in [0.25, 0.3) is 11.3 Å². The molecule has 4 amide bonds. The minimum absolute atomic E-state index is 0.0125. The van der Waals surface area contributed by atoms with Crippen LogP contribution >= 0.6 is 0 Å². The third-order valence-electron chi connectivity index (χ3n) is 12.6. The number of halogens is 2. The zero-order chi connectivity index (χ0) is 40.2. The molecule has 58 heavy (non-hydrogen) atoms. The van der Waals surface area contributed by atoms with E-state index in [1.165, 1.54) is 12.3 Å². The van der Waals surface area contributed by atoms with Gasteiger partial charge in [-0.25, -0.2) is 18.7 Å². The number of nitrogens with one attached hydrogen (secondary N) is 3. The number of aromatic nitrogens is 2. The summed E-state index contributed by atoms with van der Waals surface area (Å²) in [6.45, 7) is 6.30. The van der Waals surface area contributed by atoms with Crippen molar-refractivity contribution in [1.82, 2.24) is 25.1 Å². The van der Waals surface area contributed by atoms with Gasteiger partial charge in [0, 0.05) is 94.1 Å². The van der Waals surface area contributed by atoms with Gasteiger partial charge in [0.05, 0.1) is 11.9 Å². The standard InChI is InChI=1S/C43H53F2N9O4/c44-34-25-32(47-36-12-14-38(55)49-41(36)57)11-13-37(34)52-18-15-28(16-19-52)27-51-20-22-53(23-21-51)42(58)29-7-9-31(10-8-29)48-43-46-26-35(45)40(50-43)30-4-3-5-33(24-30)54-17-2-1-6-39(54)56/h3-5,11,13,24-26,28-29,31,36,47H,1-2,6-10,12,14-23,27H2,(H,46,48,50)(H,49,55,57)/t29-,31-,36?. The smallest absolute Gasteiger partial charge is 0.249 e. The van der Waals surface area contributed by atoms with Crippen molar-refractivity contribution in [2.24, 2.45) is 11.8 Å². The first-order valence-corrected chi connectivity index (χ1v) is 21.0. The van der Waals surface area contributed by atoms with E-state index < -0.39 is 11.9 Å². The van der Waals surface area contributed by atoms with Crippen LogP contribution in [0.4, 0.5) is 31.8 Å². The van der Waals surface area contributed by atoms with Crippen LogP contribution in [0.2, 0.25) is 0 Å². The van der Waals surface area contributed by atoms with Crippen LogP contribution in [0, 0.1) is 23.5 Å². The molecule has 5 fully saturated rings. The molecular formula is C43H53F2N9O4. The van der Waals surface area contributed by atoms with E-state index in [2.05, 4.69) is 35.7 Å². The van der Waals surface area contributed by atoms with Crippen LogP contribution in [0.15, 0.2) is 48.7 Å². The molecule has 4 aliphatic heterocycles. The number of anilines is 4. The average molecular weight is 798 g/mol. The summed E-state index contributed by atoms with van der Waals surface area (Å²) in [4.78, 5) is 66.7. The number of imide groups is 1. The number of nitrogens with zero attached hydrogens (tertiary/aromatic N) is 6. The van der Waals surface area contributed by atoms with Crippen LogP contribution in [-0.4, -0.2) is 108 Å². The van der Waals surface area contributed by atoms with Crippen LogP contribution in [0.5, 0.6) is 0 Å². The summed E-state index contributed by atoms with van der Waals surface area (Å²) in [6.07, 6.45) is 9.25. The molecule has 0 radical (unpaired) electrons. The first kappa shape index (κ1) is 39.6. The van der Waals surface area contributed by atoms with Gasteiger partial charge < -0.3 is 25.3 Å². The summed E-state index contributed by atoms with van der Waals surface area (Å²) in [7, 11) is 0. The van der Waals surface area contributed by atoms with Crippen molar-refractivity contribution in [2.45, 2.75) is 82.7 Å². The van der Waals surface area contributed by atoms with E-state index in [0.29, 0.717) is 48.2 Å². The number of hydrogen-bond donors (Lipinski definition) is 3. The Balaban J connectivity index is 0.755. The fraction of sp³-hybridized carbons (Fsp3) is 0.535. The van der Waals surface area contributed by atoms with Gasteiger partial charge in [0.15, 0.2) is 5.82 Å². The third-order valence-corrected chi connectivity index (χ3v) is 12.6. The predicted molar refractivity (Wildman–Crippen MR) is 217 cm³/mol. The molecular weight excluding hydrogens is 745 g/mol. The highest BCUT2D eigenvalue weighted by Gasteiger charge is 2.33. The third kappa shape index (κ3) is 9.24. The first-order chi connectivity index (χ1) is 28.2. The van der Waals surface area contributed by atoms with Gasteiger partial charge in [-0.05, 0) is 94.0 Å². The Bertz CT molecular complexity index is 1990. The molecule has 8 rings (SSSR count). The van der Waals surface area contributed by atoms with E-state index in [4.69, 9.17) is 0 Å². The van der Waals surface area contributed by atoms with Crippen molar-refractivity contribution in [2.75, 3.05) is 72.8 Å². The highest BCUT2D eigenvalue weighted by Crippen LogP contribution is 2.32. The fourth-order valence-corrected chi connectivity index (χ4v) is 9.22. The van der Waals surface area contributed by atoms with E-state index >= 15 is 4.39 Å². The number of carbonyl (C=O) groups excluding carboxylic acids is 4. The highest BCUT2D eigenvalue weighted by atomic mass is 19.1.